The van der Waals surface area contributed by atoms with Crippen LogP contribution in [0.3, 0.4) is 0 Å². The zero-order valence-electron chi connectivity index (χ0n) is 8.98. The van der Waals surface area contributed by atoms with Crippen LogP contribution in [0.5, 0.6) is 0 Å². The standard InChI is InChI=1S/C11H15N3OS/c12-10-9(2-1-4-13-10)11(15)14-6-8-3-5-16-7-8/h1-2,4,8H,3,5-7H2,(H2,12,13)(H,14,15). The van der Waals surface area contributed by atoms with E-state index in [4.69, 9.17) is 5.73 Å². The van der Waals surface area contributed by atoms with Crippen LogP contribution in [-0.4, -0.2) is 28.9 Å². The van der Waals surface area contributed by atoms with Crippen LogP contribution in [0.25, 0.3) is 0 Å². The lowest BCUT2D eigenvalue weighted by atomic mass is 10.1. The van der Waals surface area contributed by atoms with Crippen molar-refractivity contribution in [2.75, 3.05) is 23.8 Å². The predicted molar refractivity (Wildman–Crippen MR) is 66.4 cm³/mol. The van der Waals surface area contributed by atoms with E-state index in [0.29, 0.717) is 17.3 Å². The Morgan fingerprint density at radius 3 is 3.25 bits per heavy atom. The maximum atomic E-state index is 11.8. The quantitative estimate of drug-likeness (QED) is 0.827. The molecule has 1 fully saturated rings. The Morgan fingerprint density at radius 2 is 2.56 bits per heavy atom. The first-order valence-electron chi connectivity index (χ1n) is 5.34. The van der Waals surface area contributed by atoms with Crippen molar-refractivity contribution < 1.29 is 4.79 Å². The van der Waals surface area contributed by atoms with Crippen LogP contribution in [0, 0.1) is 5.92 Å². The Hall–Kier alpha value is -1.23. The number of anilines is 1. The fourth-order valence-corrected chi connectivity index (χ4v) is 2.97. The molecule has 5 heteroatoms. The third kappa shape index (κ3) is 2.66. The summed E-state index contributed by atoms with van der Waals surface area (Å²) < 4.78 is 0. The molecule has 4 nitrogen and oxygen atoms in total. The molecule has 1 aliphatic heterocycles. The number of thioether (sulfide) groups is 1. The summed E-state index contributed by atoms with van der Waals surface area (Å²) in [5.41, 5.74) is 6.10. The maximum absolute atomic E-state index is 11.8. The second kappa shape index (κ2) is 5.21. The highest BCUT2D eigenvalue weighted by molar-refractivity contribution is 7.99. The molecule has 1 aromatic heterocycles. The number of pyridine rings is 1. The van der Waals surface area contributed by atoms with Gasteiger partial charge in [-0.3, -0.25) is 4.79 Å². The summed E-state index contributed by atoms with van der Waals surface area (Å²) in [6.07, 6.45) is 2.77. The lowest BCUT2D eigenvalue weighted by molar-refractivity contribution is 0.0949. The molecular weight excluding hydrogens is 222 g/mol. The summed E-state index contributed by atoms with van der Waals surface area (Å²) >= 11 is 1.94. The number of hydrogen-bond acceptors (Lipinski definition) is 4. The molecule has 1 unspecified atom stereocenters. The van der Waals surface area contributed by atoms with Crippen molar-refractivity contribution in [2.45, 2.75) is 6.42 Å². The molecule has 16 heavy (non-hydrogen) atoms. The molecule has 3 N–H and O–H groups in total. The van der Waals surface area contributed by atoms with E-state index in [-0.39, 0.29) is 5.91 Å². The van der Waals surface area contributed by atoms with Gasteiger partial charge < -0.3 is 11.1 Å². The first-order valence-corrected chi connectivity index (χ1v) is 6.49. The Kier molecular flexibility index (Phi) is 3.66. The predicted octanol–water partition coefficient (Wildman–Crippen LogP) is 1.15. The molecule has 0 aliphatic carbocycles. The third-order valence-corrected chi connectivity index (χ3v) is 3.89. The van der Waals surface area contributed by atoms with Gasteiger partial charge in [0.15, 0.2) is 0 Å². The summed E-state index contributed by atoms with van der Waals surface area (Å²) in [6, 6.07) is 3.41. The number of rotatable bonds is 3. The Bertz CT molecular complexity index is 377. The van der Waals surface area contributed by atoms with E-state index >= 15 is 0 Å². The Morgan fingerprint density at radius 1 is 1.69 bits per heavy atom. The Labute approximate surface area is 99.0 Å². The van der Waals surface area contributed by atoms with Gasteiger partial charge in [0.25, 0.3) is 5.91 Å². The van der Waals surface area contributed by atoms with Gasteiger partial charge in [0.2, 0.25) is 0 Å². The van der Waals surface area contributed by atoms with E-state index in [9.17, 15) is 4.79 Å². The van der Waals surface area contributed by atoms with Crippen molar-refractivity contribution in [2.24, 2.45) is 5.92 Å². The lowest BCUT2D eigenvalue weighted by Gasteiger charge is -2.10. The van der Waals surface area contributed by atoms with Crippen LogP contribution in [0.1, 0.15) is 16.8 Å². The van der Waals surface area contributed by atoms with E-state index in [1.54, 1.807) is 18.3 Å². The molecule has 0 bridgehead atoms. The maximum Gasteiger partial charge on any atom is 0.255 e. The summed E-state index contributed by atoms with van der Waals surface area (Å²) in [4.78, 5) is 15.7. The van der Waals surface area contributed by atoms with Crippen LogP contribution in [0.2, 0.25) is 0 Å². The summed E-state index contributed by atoms with van der Waals surface area (Å²) in [7, 11) is 0. The number of nitrogens with one attached hydrogen (secondary N) is 1. The fourth-order valence-electron chi connectivity index (χ4n) is 1.69. The molecule has 0 saturated carbocycles. The van der Waals surface area contributed by atoms with Crippen LogP contribution >= 0.6 is 11.8 Å². The van der Waals surface area contributed by atoms with Crippen molar-refractivity contribution in [1.29, 1.82) is 0 Å². The fraction of sp³-hybridized carbons (Fsp3) is 0.455. The number of carbonyl (C=O) groups is 1. The largest absolute Gasteiger partial charge is 0.383 e. The first kappa shape index (κ1) is 11.3. The zero-order valence-corrected chi connectivity index (χ0v) is 9.80. The number of nitrogens with zero attached hydrogens (tertiary/aromatic N) is 1. The smallest absolute Gasteiger partial charge is 0.255 e. The number of amides is 1. The van der Waals surface area contributed by atoms with E-state index < -0.39 is 0 Å². The normalized spacial score (nSPS) is 19.6. The van der Waals surface area contributed by atoms with Crippen LogP contribution in [0.4, 0.5) is 5.82 Å². The third-order valence-electron chi connectivity index (χ3n) is 2.66. The van der Waals surface area contributed by atoms with Gasteiger partial charge >= 0.3 is 0 Å². The monoisotopic (exact) mass is 237 g/mol. The van der Waals surface area contributed by atoms with Gasteiger partial charge in [0.1, 0.15) is 5.82 Å². The van der Waals surface area contributed by atoms with Crippen molar-refractivity contribution in [3.8, 4) is 0 Å². The van der Waals surface area contributed by atoms with Crippen LogP contribution in [-0.2, 0) is 0 Å². The summed E-state index contributed by atoms with van der Waals surface area (Å²) in [5, 5.41) is 2.91. The van der Waals surface area contributed by atoms with Gasteiger partial charge in [-0.25, -0.2) is 4.98 Å². The van der Waals surface area contributed by atoms with E-state index in [1.165, 1.54) is 12.2 Å². The summed E-state index contributed by atoms with van der Waals surface area (Å²) in [5.74, 6) is 3.12. The molecule has 1 atom stereocenters. The SMILES string of the molecule is Nc1ncccc1C(=O)NCC1CCSC1. The summed E-state index contributed by atoms with van der Waals surface area (Å²) in [6.45, 7) is 0.736. The average molecular weight is 237 g/mol. The minimum absolute atomic E-state index is 0.123. The molecule has 1 aromatic rings. The second-order valence-corrected chi connectivity index (χ2v) is 5.03. The van der Waals surface area contributed by atoms with Crippen molar-refractivity contribution in [1.82, 2.24) is 10.3 Å². The molecular formula is C11H15N3OS. The molecule has 1 amide bonds. The van der Waals surface area contributed by atoms with Gasteiger partial charge in [-0.15, -0.1) is 0 Å². The highest BCUT2D eigenvalue weighted by Gasteiger charge is 2.17. The molecule has 0 radical (unpaired) electrons. The van der Waals surface area contributed by atoms with Gasteiger partial charge in [0, 0.05) is 12.7 Å². The first-order chi connectivity index (χ1) is 7.77. The highest BCUT2D eigenvalue weighted by Crippen LogP contribution is 2.22. The van der Waals surface area contributed by atoms with E-state index in [1.807, 2.05) is 11.8 Å². The zero-order chi connectivity index (χ0) is 11.4. The number of nitrogens with two attached hydrogens (primary N) is 1. The van der Waals surface area contributed by atoms with Crippen molar-refractivity contribution >= 4 is 23.5 Å². The number of hydrogen-bond donors (Lipinski definition) is 2. The minimum atomic E-state index is -0.123. The van der Waals surface area contributed by atoms with Crippen molar-refractivity contribution in [3.63, 3.8) is 0 Å². The van der Waals surface area contributed by atoms with Crippen LogP contribution in [0.15, 0.2) is 18.3 Å². The number of nitrogen functional groups attached to an aromatic ring is 1. The van der Waals surface area contributed by atoms with Crippen molar-refractivity contribution in [3.05, 3.63) is 23.9 Å². The van der Waals surface area contributed by atoms with Crippen LogP contribution < -0.4 is 11.1 Å². The molecule has 0 spiro atoms. The second-order valence-electron chi connectivity index (χ2n) is 3.88. The van der Waals surface area contributed by atoms with Gasteiger partial charge in [-0.05, 0) is 36.0 Å². The van der Waals surface area contributed by atoms with Gasteiger partial charge in [-0.1, -0.05) is 0 Å². The molecule has 2 heterocycles. The topological polar surface area (TPSA) is 68.0 Å². The van der Waals surface area contributed by atoms with E-state index in [2.05, 4.69) is 10.3 Å². The van der Waals surface area contributed by atoms with Gasteiger partial charge in [-0.2, -0.15) is 11.8 Å². The molecule has 0 aromatic carbocycles. The molecule has 1 saturated heterocycles. The molecule has 86 valence electrons. The van der Waals surface area contributed by atoms with Gasteiger partial charge in [0.05, 0.1) is 5.56 Å². The number of carbonyl (C=O) groups excluding carboxylic acids is 1. The lowest BCUT2D eigenvalue weighted by Crippen LogP contribution is -2.30. The minimum Gasteiger partial charge on any atom is -0.383 e. The molecule has 1 aliphatic rings. The Balaban J connectivity index is 1.90. The van der Waals surface area contributed by atoms with E-state index in [0.717, 1.165) is 12.3 Å². The highest BCUT2D eigenvalue weighted by atomic mass is 32.2. The molecule has 2 rings (SSSR count). The average Bonchev–Trinajstić information content (AvgIpc) is 2.79. The number of aromatic nitrogens is 1.